The van der Waals surface area contributed by atoms with Crippen molar-refractivity contribution in [3.8, 4) is 0 Å². The largest absolute Gasteiger partial charge is 0.481 e. The van der Waals surface area contributed by atoms with Crippen molar-refractivity contribution in [3.05, 3.63) is 0 Å². The molecule has 0 bridgehead atoms. The number of carboxylic acids is 1. The van der Waals surface area contributed by atoms with Gasteiger partial charge in [0, 0.05) is 0 Å². The Hall–Kier alpha value is -0.530. The lowest BCUT2D eigenvalue weighted by atomic mass is 9.87. The molecule has 1 aliphatic carbocycles. The summed E-state index contributed by atoms with van der Waals surface area (Å²) in [5, 5.41) is 9.11. The zero-order chi connectivity index (χ0) is 12.0. The van der Waals surface area contributed by atoms with Gasteiger partial charge in [0.2, 0.25) is 0 Å². The molecule has 16 heavy (non-hydrogen) atoms. The summed E-state index contributed by atoms with van der Waals surface area (Å²) < 4.78 is 0. The molecule has 1 N–H and O–H groups in total. The maximum atomic E-state index is 11.0. The number of rotatable bonds is 1. The zero-order valence-corrected chi connectivity index (χ0v) is 10.7. The Bertz CT molecular complexity index is 213. The minimum Gasteiger partial charge on any atom is -0.481 e. The van der Waals surface area contributed by atoms with Gasteiger partial charge in [-0.2, -0.15) is 0 Å². The van der Waals surface area contributed by atoms with Crippen molar-refractivity contribution in [3.63, 3.8) is 0 Å². The van der Waals surface area contributed by atoms with Gasteiger partial charge in [0.05, 0.1) is 5.92 Å². The second-order valence-corrected chi connectivity index (χ2v) is 5.56. The van der Waals surface area contributed by atoms with Gasteiger partial charge in [-0.05, 0) is 24.7 Å². The van der Waals surface area contributed by atoms with Gasteiger partial charge in [-0.15, -0.1) is 0 Å². The van der Waals surface area contributed by atoms with Gasteiger partial charge in [0.15, 0.2) is 0 Å². The van der Waals surface area contributed by atoms with Crippen LogP contribution in [-0.2, 0) is 4.79 Å². The summed E-state index contributed by atoms with van der Waals surface area (Å²) in [7, 11) is 0. The van der Waals surface area contributed by atoms with Crippen LogP contribution in [0.2, 0.25) is 0 Å². The van der Waals surface area contributed by atoms with Gasteiger partial charge < -0.3 is 5.11 Å². The van der Waals surface area contributed by atoms with E-state index in [2.05, 4.69) is 13.8 Å². The Morgan fingerprint density at radius 1 is 0.875 bits per heavy atom. The molecule has 0 aromatic carbocycles. The Morgan fingerprint density at radius 2 is 1.38 bits per heavy atom. The number of hydrogen-bond donors (Lipinski definition) is 1. The third-order valence-corrected chi connectivity index (χ3v) is 4.24. The molecule has 1 rings (SSSR count). The molecule has 0 spiro atoms. The fraction of sp³-hybridized carbons (Fsp3) is 0.929. The van der Waals surface area contributed by atoms with Gasteiger partial charge in [-0.1, -0.05) is 52.4 Å². The van der Waals surface area contributed by atoms with Crippen LogP contribution >= 0.6 is 0 Å². The van der Waals surface area contributed by atoms with E-state index in [1.807, 2.05) is 0 Å². The summed E-state index contributed by atoms with van der Waals surface area (Å²) in [5.41, 5.74) is 0. The highest BCUT2D eigenvalue weighted by Gasteiger charge is 2.19. The third-order valence-electron chi connectivity index (χ3n) is 4.24. The van der Waals surface area contributed by atoms with Crippen LogP contribution in [0, 0.1) is 17.8 Å². The fourth-order valence-corrected chi connectivity index (χ4v) is 2.68. The van der Waals surface area contributed by atoms with Crippen molar-refractivity contribution in [1.29, 1.82) is 0 Å². The molecule has 0 aliphatic heterocycles. The zero-order valence-electron chi connectivity index (χ0n) is 10.7. The van der Waals surface area contributed by atoms with Gasteiger partial charge in [-0.25, -0.2) is 0 Å². The summed E-state index contributed by atoms with van der Waals surface area (Å²) in [5.74, 6) is 0.898. The Kier molecular flexibility index (Phi) is 5.86. The smallest absolute Gasteiger partial charge is 0.306 e. The van der Waals surface area contributed by atoms with E-state index in [-0.39, 0.29) is 5.92 Å². The molecule has 0 heterocycles. The van der Waals surface area contributed by atoms with Crippen LogP contribution in [0.15, 0.2) is 0 Å². The topological polar surface area (TPSA) is 37.3 Å². The van der Waals surface area contributed by atoms with Crippen molar-refractivity contribution < 1.29 is 9.90 Å². The highest BCUT2D eigenvalue weighted by atomic mass is 16.4. The van der Waals surface area contributed by atoms with E-state index in [1.165, 1.54) is 25.7 Å². The number of carbonyl (C=O) groups is 1. The Balaban J connectivity index is 2.46. The molecule has 94 valence electrons. The van der Waals surface area contributed by atoms with E-state index >= 15 is 0 Å². The second kappa shape index (κ2) is 6.93. The summed E-state index contributed by atoms with van der Waals surface area (Å²) in [6.45, 7) is 4.66. The summed E-state index contributed by atoms with van der Waals surface area (Å²) in [6.07, 6.45) is 8.95. The first-order valence-electron chi connectivity index (χ1n) is 6.84. The second-order valence-electron chi connectivity index (χ2n) is 5.56. The maximum absolute atomic E-state index is 11.0. The van der Waals surface area contributed by atoms with E-state index in [9.17, 15) is 4.79 Å². The van der Waals surface area contributed by atoms with Gasteiger partial charge in [-0.3, -0.25) is 4.79 Å². The first-order chi connectivity index (χ1) is 7.61. The molecule has 0 radical (unpaired) electrons. The lowest BCUT2D eigenvalue weighted by molar-refractivity contribution is -0.142. The number of aliphatic carboxylic acids is 1. The molecule has 1 saturated carbocycles. The molecule has 1 fully saturated rings. The predicted molar refractivity (Wildman–Crippen MR) is 66.4 cm³/mol. The van der Waals surface area contributed by atoms with E-state index in [4.69, 9.17) is 5.11 Å². The number of hydrogen-bond acceptors (Lipinski definition) is 1. The van der Waals surface area contributed by atoms with Gasteiger partial charge in [0.1, 0.15) is 0 Å². The van der Waals surface area contributed by atoms with E-state index in [1.54, 1.807) is 0 Å². The molecule has 3 unspecified atom stereocenters. The average molecular weight is 226 g/mol. The lowest BCUT2D eigenvalue weighted by Crippen LogP contribution is -2.14. The Labute approximate surface area is 99.4 Å². The minimum atomic E-state index is -0.583. The average Bonchev–Trinajstić information content (AvgIpc) is 2.27. The molecule has 3 atom stereocenters. The fourth-order valence-electron chi connectivity index (χ4n) is 2.68. The van der Waals surface area contributed by atoms with Crippen molar-refractivity contribution in [1.82, 2.24) is 0 Å². The highest BCUT2D eigenvalue weighted by Crippen LogP contribution is 2.27. The van der Waals surface area contributed by atoms with Gasteiger partial charge in [0.25, 0.3) is 0 Å². The van der Waals surface area contributed by atoms with E-state index in [0.29, 0.717) is 0 Å². The van der Waals surface area contributed by atoms with Crippen molar-refractivity contribution in [2.75, 3.05) is 0 Å². The first-order valence-corrected chi connectivity index (χ1v) is 6.84. The number of carboxylic acid groups (broad SMARTS) is 1. The molecule has 0 aromatic heterocycles. The van der Waals surface area contributed by atoms with Crippen LogP contribution in [-0.4, -0.2) is 11.1 Å². The molecular formula is C14H26O2. The molecule has 0 saturated heterocycles. The monoisotopic (exact) mass is 226 g/mol. The van der Waals surface area contributed by atoms with Crippen molar-refractivity contribution in [2.24, 2.45) is 17.8 Å². The van der Waals surface area contributed by atoms with Crippen LogP contribution in [0.25, 0.3) is 0 Å². The quantitative estimate of drug-likeness (QED) is 0.731. The SMILES string of the molecule is CC1CCCCCC(C(=O)O)CCCC1C. The normalized spacial score (nSPS) is 34.0. The highest BCUT2D eigenvalue weighted by molar-refractivity contribution is 5.69. The first kappa shape index (κ1) is 13.5. The summed E-state index contributed by atoms with van der Waals surface area (Å²) in [6, 6.07) is 0. The van der Waals surface area contributed by atoms with Crippen LogP contribution < -0.4 is 0 Å². The Morgan fingerprint density at radius 3 is 2.00 bits per heavy atom. The van der Waals surface area contributed by atoms with Crippen LogP contribution in [0.5, 0.6) is 0 Å². The molecule has 2 nitrogen and oxygen atoms in total. The van der Waals surface area contributed by atoms with E-state index in [0.717, 1.165) is 37.5 Å². The molecule has 1 aliphatic rings. The van der Waals surface area contributed by atoms with E-state index < -0.39 is 5.97 Å². The molecule has 0 aromatic rings. The van der Waals surface area contributed by atoms with Gasteiger partial charge >= 0.3 is 5.97 Å². The molecular weight excluding hydrogens is 200 g/mol. The molecule has 2 heteroatoms. The lowest BCUT2D eigenvalue weighted by Gasteiger charge is -2.19. The molecule has 0 amide bonds. The third kappa shape index (κ3) is 4.54. The van der Waals surface area contributed by atoms with Crippen LogP contribution in [0.3, 0.4) is 0 Å². The van der Waals surface area contributed by atoms with Crippen LogP contribution in [0.1, 0.15) is 65.2 Å². The van der Waals surface area contributed by atoms with Crippen molar-refractivity contribution >= 4 is 5.97 Å². The maximum Gasteiger partial charge on any atom is 0.306 e. The standard InChI is InChI=1S/C14H26O2/c1-11-7-4-3-5-9-13(14(15)16)10-6-8-12(11)2/h11-13H,3-10H2,1-2H3,(H,15,16). The minimum absolute atomic E-state index is 0.0828. The summed E-state index contributed by atoms with van der Waals surface area (Å²) >= 11 is 0. The predicted octanol–water partition coefficient (Wildman–Crippen LogP) is 4.09. The van der Waals surface area contributed by atoms with Crippen LogP contribution in [0.4, 0.5) is 0 Å². The van der Waals surface area contributed by atoms with Crippen molar-refractivity contribution in [2.45, 2.75) is 65.2 Å². The summed E-state index contributed by atoms with van der Waals surface area (Å²) in [4.78, 5) is 11.0.